The molecule has 45 heavy (non-hydrogen) atoms. The molecule has 2 heteroatoms. The van der Waals surface area contributed by atoms with Crippen LogP contribution < -0.4 is 4.90 Å². The highest BCUT2D eigenvalue weighted by Crippen LogP contribution is 2.50. The quantitative estimate of drug-likeness (QED) is 0.196. The lowest BCUT2D eigenvalue weighted by molar-refractivity contribution is 0.660. The van der Waals surface area contributed by atoms with Crippen LogP contribution in [0.5, 0.6) is 0 Å². The van der Waals surface area contributed by atoms with Crippen LogP contribution in [0, 0.1) is 0 Å². The minimum absolute atomic E-state index is 0.0642. The molecule has 0 amide bonds. The molecule has 7 aromatic carbocycles. The number of fused-ring (bicyclic) bond motifs is 7. The molecular formula is C43H31NS. The first kappa shape index (κ1) is 26.2. The van der Waals surface area contributed by atoms with Crippen molar-refractivity contribution in [2.45, 2.75) is 19.3 Å². The zero-order valence-corrected chi connectivity index (χ0v) is 26.1. The molecule has 9 rings (SSSR count). The molecule has 0 unspecified atom stereocenters. The maximum Gasteiger partial charge on any atom is 0.0468 e. The van der Waals surface area contributed by atoms with E-state index in [0.717, 1.165) is 11.4 Å². The summed E-state index contributed by atoms with van der Waals surface area (Å²) < 4.78 is 2.67. The van der Waals surface area contributed by atoms with E-state index in [9.17, 15) is 0 Å². The summed E-state index contributed by atoms with van der Waals surface area (Å²) in [5.74, 6) is 0. The lowest BCUT2D eigenvalue weighted by atomic mass is 9.82. The van der Waals surface area contributed by atoms with Crippen molar-refractivity contribution >= 4 is 59.3 Å². The topological polar surface area (TPSA) is 3.24 Å². The molecule has 1 aliphatic carbocycles. The Morgan fingerprint density at radius 1 is 0.444 bits per heavy atom. The number of benzene rings is 7. The van der Waals surface area contributed by atoms with Gasteiger partial charge in [-0.1, -0.05) is 111 Å². The summed E-state index contributed by atoms with van der Waals surface area (Å²) in [6.45, 7) is 4.70. The van der Waals surface area contributed by atoms with Crippen LogP contribution in [0.25, 0.3) is 53.2 Å². The third kappa shape index (κ3) is 4.13. The lowest BCUT2D eigenvalue weighted by Gasteiger charge is -2.28. The minimum Gasteiger partial charge on any atom is -0.310 e. The molecule has 1 nitrogen and oxygen atoms in total. The highest BCUT2D eigenvalue weighted by Gasteiger charge is 2.35. The van der Waals surface area contributed by atoms with Crippen LogP contribution in [-0.2, 0) is 5.41 Å². The van der Waals surface area contributed by atoms with Crippen molar-refractivity contribution in [2.24, 2.45) is 0 Å². The average Bonchev–Trinajstić information content (AvgIpc) is 3.57. The van der Waals surface area contributed by atoms with Crippen LogP contribution >= 0.6 is 11.3 Å². The Kier molecular flexibility index (Phi) is 5.78. The molecule has 0 bridgehead atoms. The van der Waals surface area contributed by atoms with Gasteiger partial charge >= 0.3 is 0 Å². The number of rotatable bonds is 4. The molecule has 0 saturated heterocycles. The summed E-state index contributed by atoms with van der Waals surface area (Å²) in [7, 11) is 0. The summed E-state index contributed by atoms with van der Waals surface area (Å²) in [6, 6.07) is 56.0. The number of anilines is 3. The SMILES string of the molecule is CC1(C)c2ccccc2-c2ccc(N(c3ccc(-c4ccc5sc6ccccc6c5c4)cc3)c3ccc4ccccc4c3)cc21. The van der Waals surface area contributed by atoms with Gasteiger partial charge in [0.2, 0.25) is 0 Å². The number of nitrogens with zero attached hydrogens (tertiary/aromatic N) is 1. The molecule has 1 aliphatic rings. The Morgan fingerprint density at radius 3 is 1.98 bits per heavy atom. The first-order valence-corrected chi connectivity index (χ1v) is 16.4. The summed E-state index contributed by atoms with van der Waals surface area (Å²) >= 11 is 1.87. The van der Waals surface area contributed by atoms with Crippen molar-refractivity contribution in [1.82, 2.24) is 0 Å². The average molecular weight is 594 g/mol. The Hall–Kier alpha value is -5.18. The van der Waals surface area contributed by atoms with E-state index in [1.165, 1.54) is 70.0 Å². The monoisotopic (exact) mass is 593 g/mol. The van der Waals surface area contributed by atoms with Crippen molar-refractivity contribution in [2.75, 3.05) is 4.90 Å². The summed E-state index contributed by atoms with van der Waals surface area (Å²) in [5, 5.41) is 5.15. The molecule has 0 saturated carbocycles. The predicted molar refractivity (Wildman–Crippen MR) is 195 cm³/mol. The Labute approximate surface area is 267 Å². The Balaban J connectivity index is 1.17. The normalized spacial score (nSPS) is 13.3. The molecule has 1 aromatic heterocycles. The van der Waals surface area contributed by atoms with Gasteiger partial charge < -0.3 is 4.90 Å². The van der Waals surface area contributed by atoms with Crippen LogP contribution in [0.2, 0.25) is 0 Å². The fourth-order valence-corrected chi connectivity index (χ4v) is 8.39. The zero-order valence-electron chi connectivity index (χ0n) is 25.3. The molecule has 0 radical (unpaired) electrons. The first-order valence-electron chi connectivity index (χ1n) is 15.6. The number of thiophene rings is 1. The molecule has 0 aliphatic heterocycles. The predicted octanol–water partition coefficient (Wildman–Crippen LogP) is 12.7. The smallest absolute Gasteiger partial charge is 0.0468 e. The van der Waals surface area contributed by atoms with Gasteiger partial charge in [0.25, 0.3) is 0 Å². The molecule has 8 aromatic rings. The van der Waals surface area contributed by atoms with E-state index in [1.54, 1.807) is 0 Å². The minimum atomic E-state index is -0.0642. The van der Waals surface area contributed by atoms with Crippen molar-refractivity contribution in [3.05, 3.63) is 163 Å². The second-order valence-electron chi connectivity index (χ2n) is 12.6. The van der Waals surface area contributed by atoms with Gasteiger partial charge in [-0.2, -0.15) is 0 Å². The fraction of sp³-hybridized carbons (Fsp3) is 0.0698. The van der Waals surface area contributed by atoms with Gasteiger partial charge in [-0.3, -0.25) is 0 Å². The van der Waals surface area contributed by atoms with Crippen molar-refractivity contribution < 1.29 is 0 Å². The molecule has 0 N–H and O–H groups in total. The third-order valence-corrected chi connectivity index (χ3v) is 10.8. The summed E-state index contributed by atoms with van der Waals surface area (Å²) in [4.78, 5) is 2.41. The van der Waals surface area contributed by atoms with Gasteiger partial charge in [-0.15, -0.1) is 11.3 Å². The van der Waals surface area contributed by atoms with Crippen LogP contribution in [-0.4, -0.2) is 0 Å². The van der Waals surface area contributed by atoms with E-state index in [2.05, 4.69) is 170 Å². The molecule has 0 atom stereocenters. The summed E-state index contributed by atoms with van der Waals surface area (Å²) in [6.07, 6.45) is 0. The maximum absolute atomic E-state index is 2.41. The number of hydrogen-bond acceptors (Lipinski definition) is 2. The maximum atomic E-state index is 2.41. The van der Waals surface area contributed by atoms with E-state index in [4.69, 9.17) is 0 Å². The molecule has 0 fully saturated rings. The molecule has 1 heterocycles. The Morgan fingerprint density at radius 2 is 1.09 bits per heavy atom. The second-order valence-corrected chi connectivity index (χ2v) is 13.7. The van der Waals surface area contributed by atoms with Gasteiger partial charge in [-0.25, -0.2) is 0 Å². The van der Waals surface area contributed by atoms with Gasteiger partial charge in [-0.05, 0) is 98.8 Å². The number of hydrogen-bond donors (Lipinski definition) is 0. The van der Waals surface area contributed by atoms with E-state index < -0.39 is 0 Å². The largest absolute Gasteiger partial charge is 0.310 e. The van der Waals surface area contributed by atoms with Crippen LogP contribution in [0.15, 0.2) is 152 Å². The van der Waals surface area contributed by atoms with Crippen LogP contribution in [0.1, 0.15) is 25.0 Å². The third-order valence-electron chi connectivity index (χ3n) is 9.65. The van der Waals surface area contributed by atoms with Crippen molar-refractivity contribution in [3.8, 4) is 22.3 Å². The van der Waals surface area contributed by atoms with Crippen molar-refractivity contribution in [3.63, 3.8) is 0 Å². The Bertz CT molecular complexity index is 2410. The van der Waals surface area contributed by atoms with E-state index in [-0.39, 0.29) is 5.41 Å². The highest BCUT2D eigenvalue weighted by atomic mass is 32.1. The zero-order chi connectivity index (χ0) is 30.1. The van der Waals surface area contributed by atoms with Crippen molar-refractivity contribution in [1.29, 1.82) is 0 Å². The van der Waals surface area contributed by atoms with Gasteiger partial charge in [0.15, 0.2) is 0 Å². The highest BCUT2D eigenvalue weighted by molar-refractivity contribution is 7.25. The van der Waals surface area contributed by atoms with Crippen LogP contribution in [0.3, 0.4) is 0 Å². The van der Waals surface area contributed by atoms with E-state index in [0.29, 0.717) is 0 Å². The summed E-state index contributed by atoms with van der Waals surface area (Å²) in [5.41, 5.74) is 11.3. The molecule has 0 spiro atoms. The van der Waals surface area contributed by atoms with E-state index >= 15 is 0 Å². The fourth-order valence-electron chi connectivity index (χ4n) is 7.30. The molecular weight excluding hydrogens is 563 g/mol. The first-order chi connectivity index (χ1) is 22.0. The van der Waals surface area contributed by atoms with Gasteiger partial charge in [0.05, 0.1) is 0 Å². The van der Waals surface area contributed by atoms with Crippen LogP contribution in [0.4, 0.5) is 17.1 Å². The lowest BCUT2D eigenvalue weighted by Crippen LogP contribution is -2.16. The van der Waals surface area contributed by atoms with Gasteiger partial charge in [0, 0.05) is 42.6 Å². The standard InChI is InChI=1S/C43H31NS/c1-43(2)39-13-7-5-11-35(39)36-23-22-34(27-40(36)43)44(33-21-17-28-9-3-4-10-30(28)25-33)32-19-15-29(16-20-32)31-18-24-42-38(26-31)37-12-6-8-14-41(37)45-42/h3-27H,1-2H3. The second kappa shape index (κ2) is 9.92. The molecule has 214 valence electrons. The van der Waals surface area contributed by atoms with E-state index in [1.807, 2.05) is 11.3 Å². The van der Waals surface area contributed by atoms with Gasteiger partial charge in [0.1, 0.15) is 0 Å².